The SMILES string of the molecule is CN[C@H]1C[C@@H](N(C)c2nc3nnc(-c4ccc(-c5cn[nH]c5)cc4O)cc3s2)C1.Cl.Cl. The molecule has 164 valence electrons. The minimum absolute atomic E-state index is 0. The van der Waals surface area contributed by atoms with E-state index in [9.17, 15) is 5.11 Å². The molecule has 0 aliphatic heterocycles. The summed E-state index contributed by atoms with van der Waals surface area (Å²) in [6.07, 6.45) is 5.75. The molecule has 0 radical (unpaired) electrons. The van der Waals surface area contributed by atoms with Gasteiger partial charge in [-0.05, 0) is 43.7 Å². The van der Waals surface area contributed by atoms with E-state index in [-0.39, 0.29) is 30.6 Å². The van der Waals surface area contributed by atoms with Gasteiger partial charge in [0.15, 0.2) is 10.8 Å². The van der Waals surface area contributed by atoms with E-state index in [2.05, 4.69) is 42.6 Å². The fraction of sp³-hybridized carbons (Fsp3) is 0.300. The van der Waals surface area contributed by atoms with E-state index in [1.165, 1.54) is 0 Å². The highest BCUT2D eigenvalue weighted by Crippen LogP contribution is 2.36. The number of hydrogen-bond acceptors (Lipinski definition) is 8. The first-order chi connectivity index (χ1) is 14.1. The highest BCUT2D eigenvalue weighted by molar-refractivity contribution is 7.22. The molecule has 3 heterocycles. The lowest BCUT2D eigenvalue weighted by molar-refractivity contribution is 0.299. The highest BCUT2D eigenvalue weighted by Gasteiger charge is 2.32. The lowest BCUT2D eigenvalue weighted by atomic mass is 9.86. The van der Waals surface area contributed by atoms with Gasteiger partial charge >= 0.3 is 0 Å². The average Bonchev–Trinajstić information content (AvgIpc) is 3.36. The zero-order chi connectivity index (χ0) is 20.0. The van der Waals surface area contributed by atoms with Crippen molar-refractivity contribution in [2.24, 2.45) is 0 Å². The topological polar surface area (TPSA) is 103 Å². The molecule has 11 heteroatoms. The van der Waals surface area contributed by atoms with Crippen LogP contribution >= 0.6 is 36.2 Å². The standard InChI is InChI=1S/C20H21N7OS.2ClH/c1-21-13-6-14(7-13)27(2)20-24-19-18(29-20)8-16(25-26-19)15-4-3-11(5-17(15)28)12-9-22-23-10-12;;/h3-5,8-10,13-14,21,28H,6-7H2,1-2H3,(H,22,23);2*1H/t13-,14+;;. The summed E-state index contributed by atoms with van der Waals surface area (Å²) < 4.78 is 0.958. The number of rotatable bonds is 5. The summed E-state index contributed by atoms with van der Waals surface area (Å²) in [6, 6.07) is 8.55. The number of benzene rings is 1. The van der Waals surface area contributed by atoms with Crippen LogP contribution in [0.3, 0.4) is 0 Å². The lowest BCUT2D eigenvalue weighted by Gasteiger charge is -2.40. The van der Waals surface area contributed by atoms with Crippen molar-refractivity contribution in [1.29, 1.82) is 0 Å². The van der Waals surface area contributed by atoms with Crippen molar-refractivity contribution in [1.82, 2.24) is 30.7 Å². The van der Waals surface area contributed by atoms with Gasteiger partial charge in [0.1, 0.15) is 5.75 Å². The van der Waals surface area contributed by atoms with Crippen molar-refractivity contribution < 1.29 is 5.11 Å². The molecule has 3 aromatic heterocycles. The van der Waals surface area contributed by atoms with Crippen molar-refractivity contribution in [3.63, 3.8) is 0 Å². The second kappa shape index (κ2) is 9.35. The number of aromatic hydroxyl groups is 1. The maximum absolute atomic E-state index is 10.5. The first kappa shape index (κ1) is 23.2. The van der Waals surface area contributed by atoms with Crippen LogP contribution in [0.2, 0.25) is 0 Å². The lowest BCUT2D eigenvalue weighted by Crippen LogP contribution is -2.50. The fourth-order valence-corrected chi connectivity index (χ4v) is 4.62. The predicted molar refractivity (Wildman–Crippen MR) is 129 cm³/mol. The smallest absolute Gasteiger partial charge is 0.194 e. The van der Waals surface area contributed by atoms with Gasteiger partial charge in [0.25, 0.3) is 0 Å². The number of aromatic nitrogens is 5. The van der Waals surface area contributed by atoms with Crippen LogP contribution in [0.15, 0.2) is 36.7 Å². The minimum Gasteiger partial charge on any atom is -0.507 e. The van der Waals surface area contributed by atoms with Crippen molar-refractivity contribution in [3.8, 4) is 28.1 Å². The maximum atomic E-state index is 10.5. The number of aromatic amines is 1. The third-order valence-electron chi connectivity index (χ3n) is 5.62. The van der Waals surface area contributed by atoms with Crippen LogP contribution < -0.4 is 10.2 Å². The molecule has 0 atom stereocenters. The molecule has 1 fully saturated rings. The van der Waals surface area contributed by atoms with Gasteiger partial charge in [-0.1, -0.05) is 17.4 Å². The molecule has 1 aromatic carbocycles. The largest absolute Gasteiger partial charge is 0.507 e. The van der Waals surface area contributed by atoms with Gasteiger partial charge in [-0.2, -0.15) is 10.1 Å². The third-order valence-corrected chi connectivity index (χ3v) is 6.70. The molecule has 1 aliphatic rings. The Labute approximate surface area is 195 Å². The number of thiazole rings is 1. The molecule has 31 heavy (non-hydrogen) atoms. The molecule has 4 aromatic rings. The molecule has 8 nitrogen and oxygen atoms in total. The van der Waals surface area contributed by atoms with Crippen LogP contribution in [-0.4, -0.2) is 56.7 Å². The predicted octanol–water partition coefficient (Wildman–Crippen LogP) is 3.88. The van der Waals surface area contributed by atoms with Gasteiger partial charge in [0, 0.05) is 36.5 Å². The molecule has 3 N–H and O–H groups in total. The molecule has 0 spiro atoms. The van der Waals surface area contributed by atoms with Crippen molar-refractivity contribution in [3.05, 3.63) is 36.7 Å². The number of fused-ring (bicyclic) bond motifs is 1. The molecular formula is C20H23Cl2N7OS. The number of phenols is 1. The van der Waals surface area contributed by atoms with Gasteiger partial charge in [-0.15, -0.1) is 35.0 Å². The fourth-order valence-electron chi connectivity index (χ4n) is 3.65. The summed E-state index contributed by atoms with van der Waals surface area (Å²) in [7, 11) is 4.09. The van der Waals surface area contributed by atoms with Crippen LogP contribution in [0.4, 0.5) is 5.13 Å². The number of nitrogens with zero attached hydrogens (tertiary/aromatic N) is 5. The number of H-pyrrole nitrogens is 1. The van der Waals surface area contributed by atoms with Crippen LogP contribution in [-0.2, 0) is 0 Å². The summed E-state index contributed by atoms with van der Waals surface area (Å²) in [5, 5.41) is 30.1. The molecule has 0 amide bonds. The first-order valence-corrected chi connectivity index (χ1v) is 10.3. The number of nitrogens with one attached hydrogen (secondary N) is 2. The van der Waals surface area contributed by atoms with E-state index in [0.29, 0.717) is 29.0 Å². The van der Waals surface area contributed by atoms with Gasteiger partial charge < -0.3 is 15.3 Å². The summed E-state index contributed by atoms with van der Waals surface area (Å²) in [5.74, 6) is 0.159. The van der Waals surface area contributed by atoms with Gasteiger partial charge in [-0.3, -0.25) is 5.10 Å². The van der Waals surface area contributed by atoms with E-state index in [1.807, 2.05) is 25.2 Å². The van der Waals surface area contributed by atoms with Gasteiger partial charge in [-0.25, -0.2) is 0 Å². The van der Waals surface area contributed by atoms with Gasteiger partial charge in [0.05, 0.1) is 16.6 Å². The average molecular weight is 480 g/mol. The van der Waals surface area contributed by atoms with Gasteiger partial charge in [0.2, 0.25) is 0 Å². The Balaban J connectivity index is 0.00000136. The van der Waals surface area contributed by atoms with E-state index >= 15 is 0 Å². The Morgan fingerprint density at radius 3 is 2.65 bits per heavy atom. The zero-order valence-corrected chi connectivity index (χ0v) is 19.4. The molecule has 1 aliphatic carbocycles. The monoisotopic (exact) mass is 479 g/mol. The van der Waals surface area contributed by atoms with Crippen LogP contribution in [0.5, 0.6) is 5.75 Å². The first-order valence-electron chi connectivity index (χ1n) is 9.49. The molecule has 0 saturated heterocycles. The highest BCUT2D eigenvalue weighted by atomic mass is 35.5. The summed E-state index contributed by atoms with van der Waals surface area (Å²) in [4.78, 5) is 6.88. The van der Waals surface area contributed by atoms with Crippen LogP contribution in [0.1, 0.15) is 12.8 Å². The van der Waals surface area contributed by atoms with E-state index in [4.69, 9.17) is 0 Å². The quantitative estimate of drug-likeness (QED) is 0.398. The van der Waals surface area contributed by atoms with E-state index in [0.717, 1.165) is 33.8 Å². The third kappa shape index (κ3) is 4.31. The molecule has 5 rings (SSSR count). The Morgan fingerprint density at radius 2 is 1.97 bits per heavy atom. The Hall–Kier alpha value is -2.46. The molecule has 0 unspecified atom stereocenters. The minimum atomic E-state index is 0. The maximum Gasteiger partial charge on any atom is 0.194 e. The van der Waals surface area contributed by atoms with E-state index < -0.39 is 0 Å². The van der Waals surface area contributed by atoms with Crippen LogP contribution in [0.25, 0.3) is 32.7 Å². The normalized spacial score (nSPS) is 17.5. The summed E-state index contributed by atoms with van der Waals surface area (Å²) in [6.45, 7) is 0. The number of anilines is 1. The molecule has 0 bridgehead atoms. The van der Waals surface area contributed by atoms with E-state index in [1.54, 1.807) is 29.8 Å². The zero-order valence-electron chi connectivity index (χ0n) is 16.9. The molecular weight excluding hydrogens is 457 g/mol. The number of halogens is 2. The van der Waals surface area contributed by atoms with Crippen LogP contribution in [0, 0.1) is 0 Å². The summed E-state index contributed by atoms with van der Waals surface area (Å²) >= 11 is 1.61. The Kier molecular flexibility index (Phi) is 7.00. The number of phenolic OH excluding ortho intramolecular Hbond substituents is 1. The molecule has 1 saturated carbocycles. The van der Waals surface area contributed by atoms with Crippen molar-refractivity contribution in [2.45, 2.75) is 24.9 Å². The number of hydrogen-bond donors (Lipinski definition) is 3. The Morgan fingerprint density at radius 1 is 1.16 bits per heavy atom. The second-order valence-corrected chi connectivity index (χ2v) is 8.36. The summed E-state index contributed by atoms with van der Waals surface area (Å²) in [5.41, 5.74) is 3.71. The Bertz CT molecular complexity index is 1160. The van der Waals surface area contributed by atoms with Crippen molar-refractivity contribution in [2.75, 3.05) is 19.0 Å². The van der Waals surface area contributed by atoms with Crippen molar-refractivity contribution >= 4 is 51.6 Å². The second-order valence-electron chi connectivity index (χ2n) is 7.35.